The van der Waals surface area contributed by atoms with Crippen LogP contribution in [-0.2, 0) is 0 Å². The summed E-state index contributed by atoms with van der Waals surface area (Å²) in [6.07, 6.45) is 0. The maximum atomic E-state index is 5.13. The largest absolute Gasteiger partial charge is 0.310 e. The van der Waals surface area contributed by atoms with E-state index in [9.17, 15) is 0 Å². The highest BCUT2D eigenvalue weighted by molar-refractivity contribution is 7.26. The topological polar surface area (TPSA) is 24.3 Å². The molecule has 2 aromatic heterocycles. The van der Waals surface area contributed by atoms with E-state index < -0.39 is 0 Å². The summed E-state index contributed by atoms with van der Waals surface area (Å²) in [5, 5.41) is 4.93. The van der Waals surface area contributed by atoms with Gasteiger partial charge in [0, 0.05) is 59.6 Å². The molecule has 0 atom stereocenters. The molecule has 0 aliphatic carbocycles. The predicted octanol–water partition coefficient (Wildman–Crippen LogP) is 15.2. The van der Waals surface area contributed by atoms with E-state index in [2.05, 4.69) is 227 Å². The molecule has 0 N–H and O–H groups in total. The molecule has 0 saturated heterocycles. The highest BCUT2D eigenvalue weighted by Gasteiger charge is 2.22. The van der Waals surface area contributed by atoms with Gasteiger partial charge >= 0.3 is 0 Å². The Balaban J connectivity index is 1.04. The molecule has 274 valence electrons. The lowest BCUT2D eigenvalue weighted by atomic mass is 10.0. The number of hydrogen-bond acceptors (Lipinski definition) is 4. The maximum absolute atomic E-state index is 5.13. The van der Waals surface area contributed by atoms with Gasteiger partial charge in [-0.15, -0.1) is 11.3 Å². The van der Waals surface area contributed by atoms with E-state index in [1.807, 2.05) is 17.4 Å². The van der Waals surface area contributed by atoms with Crippen molar-refractivity contribution in [3.8, 4) is 17.1 Å². The van der Waals surface area contributed by atoms with Crippen molar-refractivity contribution in [1.82, 2.24) is 9.55 Å². The summed E-state index contributed by atoms with van der Waals surface area (Å²) in [5.41, 5.74) is 10.9. The summed E-state index contributed by atoms with van der Waals surface area (Å²) in [7, 11) is 0. The van der Waals surface area contributed by atoms with Crippen LogP contribution in [0.4, 0.5) is 34.1 Å². The Morgan fingerprint density at radius 2 is 1.02 bits per heavy atom. The van der Waals surface area contributed by atoms with Crippen LogP contribution in [0.5, 0.6) is 0 Å². The highest BCUT2D eigenvalue weighted by atomic mass is 32.1. The summed E-state index contributed by atoms with van der Waals surface area (Å²) in [4.78, 5) is 9.90. The third-order valence-electron chi connectivity index (χ3n) is 11.0. The van der Waals surface area contributed by atoms with Crippen LogP contribution in [0, 0.1) is 0 Å². The molecule has 0 bridgehead atoms. The predicted molar refractivity (Wildman–Crippen MR) is 246 cm³/mol. The molecule has 0 spiro atoms. The van der Waals surface area contributed by atoms with Gasteiger partial charge in [0.05, 0.1) is 22.4 Å². The quantitative estimate of drug-likeness (QED) is 0.154. The number of aromatic nitrogens is 2. The van der Waals surface area contributed by atoms with Crippen LogP contribution in [-0.4, -0.2) is 9.55 Å². The lowest BCUT2D eigenvalue weighted by molar-refractivity contribution is 1.10. The molecule has 58 heavy (non-hydrogen) atoms. The number of thiophene rings is 1. The number of nitrogens with zero attached hydrogens (tertiary/aromatic N) is 4. The van der Waals surface area contributed by atoms with E-state index in [1.54, 1.807) is 0 Å². The SMILES string of the molecule is c1ccc(N(c2ccc(-c3nc4ccccc4n3-c3ccccc3)cc2)c2ccc3c(c2)sc2cccc(N(c4ccccc4)c4cccc5ccccc45)c23)cc1. The van der Waals surface area contributed by atoms with Crippen LogP contribution < -0.4 is 9.80 Å². The average molecular weight is 761 g/mol. The normalized spacial score (nSPS) is 11.4. The van der Waals surface area contributed by atoms with E-state index in [0.717, 1.165) is 62.2 Å². The fourth-order valence-corrected chi connectivity index (χ4v) is 9.51. The van der Waals surface area contributed by atoms with Gasteiger partial charge in [0.25, 0.3) is 0 Å². The molecule has 5 heteroatoms. The van der Waals surface area contributed by atoms with Gasteiger partial charge in [-0.3, -0.25) is 4.57 Å². The van der Waals surface area contributed by atoms with Crippen molar-refractivity contribution in [3.63, 3.8) is 0 Å². The molecule has 0 radical (unpaired) electrons. The van der Waals surface area contributed by atoms with E-state index in [1.165, 1.54) is 30.9 Å². The zero-order chi connectivity index (χ0) is 38.4. The molecule has 0 saturated carbocycles. The molecule has 11 aromatic rings. The van der Waals surface area contributed by atoms with Gasteiger partial charge in [-0.1, -0.05) is 115 Å². The summed E-state index contributed by atoms with van der Waals surface area (Å²) < 4.78 is 4.74. The van der Waals surface area contributed by atoms with Gasteiger partial charge in [0.2, 0.25) is 0 Å². The third kappa shape index (κ3) is 5.80. The molecule has 0 aliphatic heterocycles. The zero-order valence-electron chi connectivity index (χ0n) is 31.5. The molecule has 4 nitrogen and oxygen atoms in total. The molecule has 0 aliphatic rings. The van der Waals surface area contributed by atoms with Crippen molar-refractivity contribution in [3.05, 3.63) is 218 Å². The first kappa shape index (κ1) is 33.8. The molecule has 11 rings (SSSR count). The number of rotatable bonds is 8. The van der Waals surface area contributed by atoms with Gasteiger partial charge in [-0.2, -0.15) is 0 Å². The van der Waals surface area contributed by atoms with Crippen molar-refractivity contribution in [2.45, 2.75) is 0 Å². The summed E-state index contributed by atoms with van der Waals surface area (Å²) in [6.45, 7) is 0. The summed E-state index contributed by atoms with van der Waals surface area (Å²) in [6, 6.07) is 77.9. The number of para-hydroxylation sites is 5. The second-order valence-corrected chi connectivity index (χ2v) is 15.5. The first-order valence-electron chi connectivity index (χ1n) is 19.6. The minimum atomic E-state index is 0.917. The summed E-state index contributed by atoms with van der Waals surface area (Å²) >= 11 is 1.85. The van der Waals surface area contributed by atoms with Crippen LogP contribution in [0.3, 0.4) is 0 Å². The van der Waals surface area contributed by atoms with Crippen molar-refractivity contribution >= 4 is 87.4 Å². The fourth-order valence-electron chi connectivity index (χ4n) is 8.35. The minimum Gasteiger partial charge on any atom is -0.310 e. The number of anilines is 6. The lowest BCUT2D eigenvalue weighted by Crippen LogP contribution is -2.10. The second kappa shape index (κ2) is 14.2. The van der Waals surface area contributed by atoms with Crippen LogP contribution in [0.2, 0.25) is 0 Å². The number of imidazole rings is 1. The number of fused-ring (bicyclic) bond motifs is 5. The first-order chi connectivity index (χ1) is 28.8. The lowest BCUT2D eigenvalue weighted by Gasteiger charge is -2.28. The molecule has 2 heterocycles. The Morgan fingerprint density at radius 3 is 1.81 bits per heavy atom. The molecule has 9 aromatic carbocycles. The average Bonchev–Trinajstić information content (AvgIpc) is 3.87. The van der Waals surface area contributed by atoms with Crippen LogP contribution in [0.25, 0.3) is 59.1 Å². The molecule has 0 unspecified atom stereocenters. The van der Waals surface area contributed by atoms with E-state index >= 15 is 0 Å². The van der Waals surface area contributed by atoms with Crippen LogP contribution in [0.1, 0.15) is 0 Å². The Labute approximate surface area is 340 Å². The molecule has 0 fully saturated rings. The van der Waals surface area contributed by atoms with E-state index in [-0.39, 0.29) is 0 Å². The van der Waals surface area contributed by atoms with Crippen molar-refractivity contribution in [1.29, 1.82) is 0 Å². The first-order valence-corrected chi connectivity index (χ1v) is 20.4. The monoisotopic (exact) mass is 760 g/mol. The van der Waals surface area contributed by atoms with E-state index in [4.69, 9.17) is 4.98 Å². The Kier molecular flexibility index (Phi) is 8.30. The Bertz CT molecular complexity index is 3220. The maximum Gasteiger partial charge on any atom is 0.145 e. The van der Waals surface area contributed by atoms with Gasteiger partial charge in [-0.05, 0) is 109 Å². The van der Waals surface area contributed by atoms with Crippen molar-refractivity contribution < 1.29 is 0 Å². The molecule has 0 amide bonds. The van der Waals surface area contributed by atoms with Crippen LogP contribution >= 0.6 is 11.3 Å². The van der Waals surface area contributed by atoms with Crippen LogP contribution in [0.15, 0.2) is 218 Å². The Hall–Kier alpha value is -7.47. The zero-order valence-corrected chi connectivity index (χ0v) is 32.3. The smallest absolute Gasteiger partial charge is 0.145 e. The minimum absolute atomic E-state index is 0.917. The van der Waals surface area contributed by atoms with Gasteiger partial charge < -0.3 is 9.80 Å². The highest BCUT2D eigenvalue weighted by Crippen LogP contribution is 2.48. The van der Waals surface area contributed by atoms with Crippen molar-refractivity contribution in [2.75, 3.05) is 9.80 Å². The van der Waals surface area contributed by atoms with Crippen molar-refractivity contribution in [2.24, 2.45) is 0 Å². The summed E-state index contributed by atoms with van der Waals surface area (Å²) in [5.74, 6) is 0.917. The van der Waals surface area contributed by atoms with Gasteiger partial charge in [-0.25, -0.2) is 4.98 Å². The number of hydrogen-bond donors (Lipinski definition) is 0. The second-order valence-electron chi connectivity index (χ2n) is 14.4. The van der Waals surface area contributed by atoms with E-state index in [0.29, 0.717) is 0 Å². The third-order valence-corrected chi connectivity index (χ3v) is 12.1. The van der Waals surface area contributed by atoms with Gasteiger partial charge in [0.15, 0.2) is 0 Å². The fraction of sp³-hybridized carbons (Fsp3) is 0. The van der Waals surface area contributed by atoms with Gasteiger partial charge in [0.1, 0.15) is 5.82 Å². The molecular weight excluding hydrogens is 725 g/mol. The number of benzene rings is 9. The standard InChI is InChI=1S/C53H36N4S/c1-4-18-39(19-5-1)55(42-32-30-38(31-33-42)53-54-46-25-12-13-26-48(46)57(53)41-22-8-3-9-23-41)43-34-35-45-51(36-43)58-50-29-15-28-49(52(45)50)56(40-20-6-2-7-21-40)47-27-14-17-37-16-10-11-24-44(37)47/h1-36H. The molecular formula is C53H36N4S. The Morgan fingerprint density at radius 1 is 0.414 bits per heavy atom.